The van der Waals surface area contributed by atoms with Gasteiger partial charge < -0.3 is 15.0 Å². The van der Waals surface area contributed by atoms with Gasteiger partial charge in [0.05, 0.1) is 23.7 Å². The van der Waals surface area contributed by atoms with Crippen LogP contribution in [0.15, 0.2) is 18.2 Å². The number of rotatable bonds is 5. The number of pyridine rings is 1. The molecule has 2 amide bonds. The largest absolute Gasteiger partial charge is 0.383 e. The van der Waals surface area contributed by atoms with Gasteiger partial charge in [0.1, 0.15) is 0 Å². The lowest BCUT2D eigenvalue weighted by Gasteiger charge is -2.17. The van der Waals surface area contributed by atoms with E-state index in [2.05, 4.69) is 16.4 Å². The zero-order chi connectivity index (χ0) is 18.8. The Morgan fingerprint density at radius 1 is 1.31 bits per heavy atom. The highest BCUT2D eigenvalue weighted by Gasteiger charge is 2.30. The third-order valence-electron chi connectivity index (χ3n) is 4.74. The number of aromatic nitrogens is 1. The number of amides is 2. The van der Waals surface area contributed by atoms with E-state index in [9.17, 15) is 9.59 Å². The standard InChI is InChI=1S/C20H25N3O3/c1-12-7-13(2)19-16(8-12)17(9-14(3)21-19)20(25)22-15-10-18(24)23(11-15)5-6-26-4/h7-9,15H,5-6,10-11H2,1-4H3,(H,22,25)/t15-/m0/s1. The van der Waals surface area contributed by atoms with Gasteiger partial charge in [-0.3, -0.25) is 14.6 Å². The molecule has 6 heteroatoms. The lowest BCUT2D eigenvalue weighted by Crippen LogP contribution is -2.38. The number of aryl methyl sites for hydroxylation is 3. The van der Waals surface area contributed by atoms with Gasteiger partial charge in [-0.25, -0.2) is 0 Å². The second kappa shape index (κ2) is 7.41. The fraction of sp³-hybridized carbons (Fsp3) is 0.450. The molecular weight excluding hydrogens is 330 g/mol. The third kappa shape index (κ3) is 3.70. The molecular formula is C20H25N3O3. The second-order valence-electron chi connectivity index (χ2n) is 7.00. The summed E-state index contributed by atoms with van der Waals surface area (Å²) < 4.78 is 5.03. The molecule has 2 heterocycles. The van der Waals surface area contributed by atoms with Crippen LogP contribution in [0.1, 0.15) is 33.6 Å². The summed E-state index contributed by atoms with van der Waals surface area (Å²) in [6.45, 7) is 7.48. The molecule has 26 heavy (non-hydrogen) atoms. The van der Waals surface area contributed by atoms with Crippen molar-refractivity contribution < 1.29 is 14.3 Å². The van der Waals surface area contributed by atoms with Gasteiger partial charge in [0.2, 0.25) is 5.91 Å². The molecule has 1 aromatic heterocycles. The van der Waals surface area contributed by atoms with Crippen LogP contribution in [-0.4, -0.2) is 54.5 Å². The molecule has 0 radical (unpaired) electrons. The van der Waals surface area contributed by atoms with Crippen molar-refractivity contribution in [2.45, 2.75) is 33.2 Å². The SMILES string of the molecule is COCCN1C[C@@H](NC(=O)c2cc(C)nc3c(C)cc(C)cc23)CC1=O. The molecule has 1 saturated heterocycles. The maximum absolute atomic E-state index is 12.9. The molecule has 3 rings (SSSR count). The zero-order valence-corrected chi connectivity index (χ0v) is 15.8. The van der Waals surface area contributed by atoms with Crippen molar-refractivity contribution in [2.75, 3.05) is 26.8 Å². The van der Waals surface area contributed by atoms with Crippen molar-refractivity contribution in [2.24, 2.45) is 0 Å². The minimum Gasteiger partial charge on any atom is -0.383 e. The van der Waals surface area contributed by atoms with Crippen molar-refractivity contribution in [1.82, 2.24) is 15.2 Å². The molecule has 0 saturated carbocycles. The summed E-state index contributed by atoms with van der Waals surface area (Å²) in [5, 5.41) is 3.87. The molecule has 0 unspecified atom stereocenters. The van der Waals surface area contributed by atoms with E-state index < -0.39 is 0 Å². The third-order valence-corrected chi connectivity index (χ3v) is 4.74. The number of methoxy groups -OCH3 is 1. The van der Waals surface area contributed by atoms with Crippen LogP contribution >= 0.6 is 0 Å². The van der Waals surface area contributed by atoms with Gasteiger partial charge >= 0.3 is 0 Å². The number of carbonyl (C=O) groups is 2. The molecule has 0 aliphatic carbocycles. The minimum absolute atomic E-state index is 0.0507. The Balaban J connectivity index is 1.84. The summed E-state index contributed by atoms with van der Waals surface area (Å²) in [7, 11) is 1.61. The highest BCUT2D eigenvalue weighted by Crippen LogP contribution is 2.24. The highest BCUT2D eigenvalue weighted by molar-refractivity contribution is 6.07. The maximum Gasteiger partial charge on any atom is 0.252 e. The molecule has 2 aromatic rings. The monoisotopic (exact) mass is 355 g/mol. The number of nitrogens with zero attached hydrogens (tertiary/aromatic N) is 2. The fourth-order valence-electron chi connectivity index (χ4n) is 3.55. The first-order valence-electron chi connectivity index (χ1n) is 8.85. The average Bonchev–Trinajstić information content (AvgIpc) is 2.92. The smallest absolute Gasteiger partial charge is 0.252 e. The Morgan fingerprint density at radius 2 is 2.08 bits per heavy atom. The Bertz CT molecular complexity index is 863. The minimum atomic E-state index is -0.179. The van der Waals surface area contributed by atoms with Gasteiger partial charge in [0.15, 0.2) is 0 Å². The molecule has 1 aromatic carbocycles. The number of likely N-dealkylation sites (tertiary alicyclic amines) is 1. The number of carbonyl (C=O) groups excluding carboxylic acids is 2. The van der Waals surface area contributed by atoms with Crippen LogP contribution in [0.25, 0.3) is 10.9 Å². The van der Waals surface area contributed by atoms with Crippen molar-refractivity contribution >= 4 is 22.7 Å². The second-order valence-corrected chi connectivity index (χ2v) is 7.00. The topological polar surface area (TPSA) is 71.5 Å². The number of ether oxygens (including phenoxy) is 1. The van der Waals surface area contributed by atoms with E-state index in [1.54, 1.807) is 12.0 Å². The summed E-state index contributed by atoms with van der Waals surface area (Å²) >= 11 is 0. The molecule has 0 spiro atoms. The molecule has 1 aliphatic heterocycles. The van der Waals surface area contributed by atoms with E-state index in [0.29, 0.717) is 31.7 Å². The molecule has 1 atom stereocenters. The summed E-state index contributed by atoms with van der Waals surface area (Å²) in [5.74, 6) is -0.105. The average molecular weight is 355 g/mol. The van der Waals surface area contributed by atoms with Crippen LogP contribution in [0.5, 0.6) is 0 Å². The van der Waals surface area contributed by atoms with E-state index in [1.165, 1.54) is 0 Å². The van der Waals surface area contributed by atoms with E-state index in [4.69, 9.17) is 4.74 Å². The Morgan fingerprint density at radius 3 is 2.81 bits per heavy atom. The first-order chi connectivity index (χ1) is 12.4. The van der Waals surface area contributed by atoms with Crippen molar-refractivity contribution in [3.05, 3.63) is 40.6 Å². The Labute approximate surface area is 153 Å². The van der Waals surface area contributed by atoms with Crippen molar-refractivity contribution in [1.29, 1.82) is 0 Å². The van der Waals surface area contributed by atoms with Gasteiger partial charge in [-0.05, 0) is 38.5 Å². The summed E-state index contributed by atoms with van der Waals surface area (Å²) in [5.41, 5.74) is 4.42. The molecule has 1 fully saturated rings. The zero-order valence-electron chi connectivity index (χ0n) is 15.8. The maximum atomic E-state index is 12.9. The summed E-state index contributed by atoms with van der Waals surface area (Å²) in [6, 6.07) is 5.70. The fourth-order valence-corrected chi connectivity index (χ4v) is 3.55. The van der Waals surface area contributed by atoms with E-state index >= 15 is 0 Å². The summed E-state index contributed by atoms with van der Waals surface area (Å²) in [4.78, 5) is 31.3. The normalized spacial score (nSPS) is 17.2. The first-order valence-corrected chi connectivity index (χ1v) is 8.85. The molecule has 0 bridgehead atoms. The number of hydrogen-bond acceptors (Lipinski definition) is 4. The van der Waals surface area contributed by atoms with Crippen LogP contribution in [-0.2, 0) is 9.53 Å². The van der Waals surface area contributed by atoms with Crippen LogP contribution in [0, 0.1) is 20.8 Å². The number of benzene rings is 1. The van der Waals surface area contributed by atoms with Crippen LogP contribution in [0.4, 0.5) is 0 Å². The molecule has 138 valence electrons. The van der Waals surface area contributed by atoms with Gasteiger partial charge in [-0.1, -0.05) is 11.6 Å². The van der Waals surface area contributed by atoms with Gasteiger partial charge in [-0.2, -0.15) is 0 Å². The Kier molecular flexibility index (Phi) is 5.23. The van der Waals surface area contributed by atoms with Crippen LogP contribution in [0.2, 0.25) is 0 Å². The number of nitrogens with one attached hydrogen (secondary N) is 1. The van der Waals surface area contributed by atoms with Crippen molar-refractivity contribution in [3.63, 3.8) is 0 Å². The van der Waals surface area contributed by atoms with Gasteiger partial charge in [-0.15, -0.1) is 0 Å². The number of hydrogen-bond donors (Lipinski definition) is 1. The quantitative estimate of drug-likeness (QED) is 0.892. The van der Waals surface area contributed by atoms with E-state index in [0.717, 1.165) is 27.7 Å². The predicted octanol–water partition coefficient (Wildman–Crippen LogP) is 2.14. The molecule has 6 nitrogen and oxygen atoms in total. The van der Waals surface area contributed by atoms with Crippen LogP contribution < -0.4 is 5.32 Å². The predicted molar refractivity (Wildman–Crippen MR) is 100 cm³/mol. The highest BCUT2D eigenvalue weighted by atomic mass is 16.5. The van der Waals surface area contributed by atoms with Gasteiger partial charge in [0.25, 0.3) is 5.91 Å². The van der Waals surface area contributed by atoms with Crippen LogP contribution in [0.3, 0.4) is 0 Å². The van der Waals surface area contributed by atoms with Gasteiger partial charge in [0, 0.05) is 37.7 Å². The van der Waals surface area contributed by atoms with Crippen molar-refractivity contribution in [3.8, 4) is 0 Å². The first kappa shape index (κ1) is 18.3. The number of fused-ring (bicyclic) bond motifs is 1. The Hall–Kier alpha value is -2.47. The lowest BCUT2D eigenvalue weighted by molar-refractivity contribution is -0.128. The summed E-state index contributed by atoms with van der Waals surface area (Å²) in [6.07, 6.45) is 0.329. The molecule has 1 N–H and O–H groups in total. The van der Waals surface area contributed by atoms with E-state index in [-0.39, 0.29) is 17.9 Å². The molecule has 1 aliphatic rings. The van der Waals surface area contributed by atoms with E-state index in [1.807, 2.05) is 32.9 Å². The lowest BCUT2D eigenvalue weighted by atomic mass is 10.0.